The Morgan fingerprint density at radius 1 is 0.478 bits per heavy atom. The summed E-state index contributed by atoms with van der Waals surface area (Å²) < 4.78 is 6.28. The van der Waals surface area contributed by atoms with Crippen molar-refractivity contribution in [2.24, 2.45) is 0 Å². The molecule has 0 heterocycles. The fraction of sp³-hybridized carbons (Fsp3) is 0. The maximum absolute atomic E-state index is 6.28. The molecule has 1 nitrogen and oxygen atoms in total. The van der Waals surface area contributed by atoms with Gasteiger partial charge in [0.25, 0.3) is 0 Å². The van der Waals surface area contributed by atoms with Crippen LogP contribution >= 0.6 is 0 Å². The van der Waals surface area contributed by atoms with Gasteiger partial charge in [-0.15, -0.1) is 0 Å². The molecule has 0 spiro atoms. The normalized spacial score (nSPS) is 10.6. The van der Waals surface area contributed by atoms with Crippen LogP contribution in [-0.4, -0.2) is 0 Å². The lowest BCUT2D eigenvalue weighted by Crippen LogP contribution is -1.89. The zero-order valence-electron chi connectivity index (χ0n) is 12.6. The summed E-state index contributed by atoms with van der Waals surface area (Å²) in [6.45, 7) is 0. The van der Waals surface area contributed by atoms with Gasteiger partial charge in [-0.25, -0.2) is 0 Å². The molecule has 0 unspecified atom stereocenters. The Labute approximate surface area is 135 Å². The van der Waals surface area contributed by atoms with Crippen LogP contribution in [0.5, 0.6) is 11.5 Å². The summed E-state index contributed by atoms with van der Waals surface area (Å²) in [5.41, 5.74) is 2.25. The maximum Gasteiger partial charge on any atom is 0.135 e. The van der Waals surface area contributed by atoms with Crippen LogP contribution in [0.2, 0.25) is 0 Å². The lowest BCUT2D eigenvalue weighted by atomic mass is 10.0. The van der Waals surface area contributed by atoms with E-state index in [0.29, 0.717) is 0 Å². The van der Waals surface area contributed by atoms with Crippen LogP contribution in [0.3, 0.4) is 0 Å². The Kier molecular flexibility index (Phi) is 3.53. The minimum Gasteiger partial charge on any atom is -0.456 e. The molecule has 4 aromatic rings. The van der Waals surface area contributed by atoms with E-state index in [1.54, 1.807) is 0 Å². The summed E-state index contributed by atoms with van der Waals surface area (Å²) in [4.78, 5) is 0. The topological polar surface area (TPSA) is 9.23 Å². The van der Waals surface area contributed by atoms with Gasteiger partial charge in [0, 0.05) is 10.9 Å². The van der Waals surface area contributed by atoms with Crippen molar-refractivity contribution in [1.82, 2.24) is 0 Å². The summed E-state index contributed by atoms with van der Waals surface area (Å²) in [6.07, 6.45) is 0. The monoisotopic (exact) mass is 296 g/mol. The van der Waals surface area contributed by atoms with Crippen molar-refractivity contribution in [2.45, 2.75) is 0 Å². The number of hydrogen-bond acceptors (Lipinski definition) is 1. The molecule has 4 aromatic carbocycles. The average molecular weight is 296 g/mol. The lowest BCUT2D eigenvalue weighted by molar-refractivity contribution is 0.490. The molecular formula is C22H16O. The molecule has 0 saturated heterocycles. The molecule has 0 radical (unpaired) electrons. The van der Waals surface area contributed by atoms with E-state index in [4.69, 9.17) is 4.74 Å². The second kappa shape index (κ2) is 5.98. The van der Waals surface area contributed by atoms with E-state index in [1.807, 2.05) is 60.7 Å². The lowest BCUT2D eigenvalue weighted by Gasteiger charge is -2.13. The van der Waals surface area contributed by atoms with Crippen LogP contribution in [0.4, 0.5) is 0 Å². The second-order valence-corrected chi connectivity index (χ2v) is 5.44. The molecule has 0 aliphatic heterocycles. The van der Waals surface area contributed by atoms with Crippen LogP contribution in [0.1, 0.15) is 0 Å². The summed E-state index contributed by atoms with van der Waals surface area (Å²) in [5.74, 6) is 1.75. The maximum atomic E-state index is 6.28. The Morgan fingerprint density at radius 2 is 1.13 bits per heavy atom. The average Bonchev–Trinajstić information content (AvgIpc) is 2.63. The third kappa shape index (κ3) is 2.69. The highest BCUT2D eigenvalue weighted by molar-refractivity contribution is 5.88. The van der Waals surface area contributed by atoms with Crippen LogP contribution < -0.4 is 4.74 Å². The van der Waals surface area contributed by atoms with Crippen molar-refractivity contribution in [1.29, 1.82) is 0 Å². The van der Waals surface area contributed by atoms with Crippen molar-refractivity contribution in [3.8, 4) is 22.6 Å². The minimum absolute atomic E-state index is 0.870. The molecule has 23 heavy (non-hydrogen) atoms. The molecule has 1 heteroatoms. The predicted molar refractivity (Wildman–Crippen MR) is 95.9 cm³/mol. The van der Waals surface area contributed by atoms with Crippen LogP contribution in [0.25, 0.3) is 21.9 Å². The molecule has 0 N–H and O–H groups in total. The first-order valence-corrected chi connectivity index (χ1v) is 7.72. The smallest absolute Gasteiger partial charge is 0.135 e. The largest absolute Gasteiger partial charge is 0.456 e. The van der Waals surface area contributed by atoms with E-state index >= 15 is 0 Å². The fourth-order valence-corrected chi connectivity index (χ4v) is 2.81. The van der Waals surface area contributed by atoms with Crippen molar-refractivity contribution >= 4 is 10.8 Å². The molecule has 0 bridgehead atoms. The van der Waals surface area contributed by atoms with Gasteiger partial charge in [0.1, 0.15) is 11.5 Å². The van der Waals surface area contributed by atoms with Gasteiger partial charge in [-0.2, -0.15) is 0 Å². The Morgan fingerprint density at radius 3 is 2.04 bits per heavy atom. The van der Waals surface area contributed by atoms with Gasteiger partial charge in [-0.05, 0) is 23.1 Å². The van der Waals surface area contributed by atoms with Crippen molar-refractivity contribution in [2.75, 3.05) is 0 Å². The fourth-order valence-electron chi connectivity index (χ4n) is 2.81. The predicted octanol–water partition coefficient (Wildman–Crippen LogP) is 6.30. The quantitative estimate of drug-likeness (QED) is 0.431. The molecule has 0 amide bonds. The van der Waals surface area contributed by atoms with Gasteiger partial charge in [0.15, 0.2) is 0 Å². The minimum atomic E-state index is 0.870. The van der Waals surface area contributed by atoms with E-state index < -0.39 is 0 Å². The zero-order chi connectivity index (χ0) is 15.5. The Bertz CT molecular complexity index is 937. The van der Waals surface area contributed by atoms with Crippen LogP contribution in [0.15, 0.2) is 97.1 Å². The standard InChI is InChI=1S/C22H16O/c1-2-9-17(10-3-1)19-14-6-7-15-21(19)23-22-16-8-12-18-11-4-5-13-20(18)22/h1-16H. The summed E-state index contributed by atoms with van der Waals surface area (Å²) >= 11 is 0. The molecule has 0 atom stereocenters. The van der Waals surface area contributed by atoms with Gasteiger partial charge < -0.3 is 4.74 Å². The van der Waals surface area contributed by atoms with E-state index in [0.717, 1.165) is 28.0 Å². The van der Waals surface area contributed by atoms with E-state index in [1.165, 1.54) is 5.39 Å². The highest BCUT2D eigenvalue weighted by Gasteiger charge is 2.08. The van der Waals surface area contributed by atoms with Crippen LogP contribution in [0, 0.1) is 0 Å². The summed E-state index contributed by atoms with van der Waals surface area (Å²) in [7, 11) is 0. The third-order valence-electron chi connectivity index (χ3n) is 3.94. The van der Waals surface area contributed by atoms with E-state index in [9.17, 15) is 0 Å². The number of hydrogen-bond donors (Lipinski definition) is 0. The first-order valence-electron chi connectivity index (χ1n) is 7.72. The molecular weight excluding hydrogens is 280 g/mol. The van der Waals surface area contributed by atoms with Gasteiger partial charge in [-0.1, -0.05) is 84.9 Å². The molecule has 4 rings (SSSR count). The molecule has 0 aliphatic rings. The van der Waals surface area contributed by atoms with E-state index in [2.05, 4.69) is 36.4 Å². The SMILES string of the molecule is c1ccc(-c2ccccc2Oc2cccc3ccccc23)cc1. The number of fused-ring (bicyclic) bond motifs is 1. The highest BCUT2D eigenvalue weighted by atomic mass is 16.5. The van der Waals surface area contributed by atoms with Crippen molar-refractivity contribution < 1.29 is 4.74 Å². The number of rotatable bonds is 3. The Hall–Kier alpha value is -3.06. The first-order chi connectivity index (χ1) is 11.4. The van der Waals surface area contributed by atoms with Crippen molar-refractivity contribution in [3.63, 3.8) is 0 Å². The van der Waals surface area contributed by atoms with Gasteiger partial charge in [0.2, 0.25) is 0 Å². The molecule has 0 aliphatic carbocycles. The summed E-state index contributed by atoms with van der Waals surface area (Å²) in [6, 6.07) is 32.9. The molecule has 0 fully saturated rings. The van der Waals surface area contributed by atoms with Gasteiger partial charge >= 0.3 is 0 Å². The molecule has 110 valence electrons. The van der Waals surface area contributed by atoms with Crippen LogP contribution in [-0.2, 0) is 0 Å². The third-order valence-corrected chi connectivity index (χ3v) is 3.94. The van der Waals surface area contributed by atoms with Gasteiger partial charge in [-0.3, -0.25) is 0 Å². The highest BCUT2D eigenvalue weighted by Crippen LogP contribution is 2.35. The molecule has 0 saturated carbocycles. The Balaban J connectivity index is 1.80. The van der Waals surface area contributed by atoms with Crippen molar-refractivity contribution in [3.05, 3.63) is 97.1 Å². The van der Waals surface area contributed by atoms with E-state index in [-0.39, 0.29) is 0 Å². The number of para-hydroxylation sites is 1. The zero-order valence-corrected chi connectivity index (χ0v) is 12.6. The molecule has 0 aromatic heterocycles. The second-order valence-electron chi connectivity index (χ2n) is 5.44. The number of ether oxygens (including phenoxy) is 1. The van der Waals surface area contributed by atoms with Gasteiger partial charge in [0.05, 0.1) is 0 Å². The summed E-state index contributed by atoms with van der Waals surface area (Å²) in [5, 5.41) is 2.31. The first kappa shape index (κ1) is 13.6. The number of benzene rings is 4.